The van der Waals surface area contributed by atoms with Gasteiger partial charge in [0.25, 0.3) is 0 Å². The van der Waals surface area contributed by atoms with Gasteiger partial charge < -0.3 is 9.47 Å². The first kappa shape index (κ1) is 14.7. The van der Waals surface area contributed by atoms with E-state index in [-0.39, 0.29) is 5.78 Å². The van der Waals surface area contributed by atoms with Crippen LogP contribution in [-0.4, -0.2) is 19.5 Å². The largest absolute Gasteiger partial charge is 0.497 e. The fourth-order valence-electron chi connectivity index (χ4n) is 2.40. The summed E-state index contributed by atoms with van der Waals surface area (Å²) in [6.07, 6.45) is 2.46. The normalized spacial score (nSPS) is 15.9. The molecule has 1 aliphatic rings. The molecular weight excluding hydrogens is 300 g/mol. The number of rotatable bonds is 2. The maximum absolute atomic E-state index is 12.7. The highest BCUT2D eigenvalue weighted by atomic mass is 35.5. The summed E-state index contributed by atoms with van der Waals surface area (Å²) in [6, 6.07) is 12.7. The van der Waals surface area contributed by atoms with E-state index in [1.54, 1.807) is 25.3 Å². The van der Waals surface area contributed by atoms with Gasteiger partial charge in [-0.25, -0.2) is 0 Å². The van der Waals surface area contributed by atoms with E-state index in [1.807, 2.05) is 30.3 Å². The van der Waals surface area contributed by atoms with Crippen LogP contribution >= 0.6 is 11.6 Å². The fourth-order valence-corrected chi connectivity index (χ4v) is 2.57. The Morgan fingerprint density at radius 1 is 1.18 bits per heavy atom. The number of ketones is 1. The molecule has 3 rings (SSSR count). The van der Waals surface area contributed by atoms with Gasteiger partial charge in [-0.05, 0) is 42.0 Å². The summed E-state index contributed by atoms with van der Waals surface area (Å²) < 4.78 is 10.8. The van der Waals surface area contributed by atoms with Crippen LogP contribution in [0.25, 0.3) is 6.08 Å². The number of hydrogen-bond donors (Lipinski definition) is 0. The van der Waals surface area contributed by atoms with Crippen molar-refractivity contribution in [3.63, 3.8) is 0 Å². The second-order valence-electron chi connectivity index (χ2n) is 5.01. The standard InChI is InChI=1S/C18H15ClO3/c1-21-15-5-2-12(3-6-15)10-13-8-9-22-17-7-4-14(19)11-16(17)18(13)20/h2-7,10-11H,8-9H2,1H3/b13-10-. The zero-order valence-electron chi connectivity index (χ0n) is 12.1. The summed E-state index contributed by atoms with van der Waals surface area (Å²) in [5.41, 5.74) is 2.19. The molecule has 0 amide bonds. The Balaban J connectivity index is 1.96. The van der Waals surface area contributed by atoms with E-state index in [0.29, 0.717) is 34.9 Å². The van der Waals surface area contributed by atoms with Crippen LogP contribution in [0.1, 0.15) is 22.3 Å². The Morgan fingerprint density at radius 3 is 2.68 bits per heavy atom. The van der Waals surface area contributed by atoms with Crippen molar-refractivity contribution >= 4 is 23.5 Å². The quantitative estimate of drug-likeness (QED) is 0.771. The maximum atomic E-state index is 12.7. The lowest BCUT2D eigenvalue weighted by Gasteiger charge is -2.05. The molecular formula is C18H15ClO3. The molecule has 0 bridgehead atoms. The first-order valence-corrected chi connectivity index (χ1v) is 7.37. The average molecular weight is 315 g/mol. The summed E-state index contributed by atoms with van der Waals surface area (Å²) in [5.74, 6) is 1.34. The van der Waals surface area contributed by atoms with Crippen molar-refractivity contribution in [2.75, 3.05) is 13.7 Å². The van der Waals surface area contributed by atoms with Crippen molar-refractivity contribution < 1.29 is 14.3 Å². The lowest BCUT2D eigenvalue weighted by Crippen LogP contribution is -2.02. The monoisotopic (exact) mass is 314 g/mol. The van der Waals surface area contributed by atoms with E-state index in [9.17, 15) is 4.79 Å². The number of ether oxygens (including phenoxy) is 2. The van der Waals surface area contributed by atoms with E-state index < -0.39 is 0 Å². The molecule has 0 fully saturated rings. The third-order valence-corrected chi connectivity index (χ3v) is 3.80. The van der Waals surface area contributed by atoms with E-state index in [0.717, 1.165) is 11.3 Å². The summed E-state index contributed by atoms with van der Waals surface area (Å²) in [5, 5.41) is 0.529. The second kappa shape index (κ2) is 6.24. The number of methoxy groups -OCH3 is 1. The Hall–Kier alpha value is -2.26. The second-order valence-corrected chi connectivity index (χ2v) is 5.45. The van der Waals surface area contributed by atoms with Gasteiger partial charge >= 0.3 is 0 Å². The van der Waals surface area contributed by atoms with Crippen molar-refractivity contribution in [3.05, 3.63) is 64.2 Å². The predicted octanol–water partition coefficient (Wildman–Crippen LogP) is 4.40. The van der Waals surface area contributed by atoms with Gasteiger partial charge in [-0.1, -0.05) is 23.7 Å². The van der Waals surface area contributed by atoms with Gasteiger partial charge in [-0.3, -0.25) is 4.79 Å². The van der Waals surface area contributed by atoms with Crippen LogP contribution < -0.4 is 9.47 Å². The van der Waals surface area contributed by atoms with Gasteiger partial charge in [-0.2, -0.15) is 0 Å². The molecule has 0 saturated heterocycles. The first-order valence-electron chi connectivity index (χ1n) is 6.99. The topological polar surface area (TPSA) is 35.5 Å². The van der Waals surface area contributed by atoms with E-state index in [1.165, 1.54) is 0 Å². The molecule has 0 radical (unpaired) electrons. The molecule has 0 spiro atoms. The summed E-state index contributed by atoms with van der Waals surface area (Å²) >= 11 is 6.00. The van der Waals surface area contributed by atoms with Gasteiger partial charge in [0.15, 0.2) is 5.78 Å². The van der Waals surface area contributed by atoms with Crippen LogP contribution in [0.3, 0.4) is 0 Å². The Bertz CT molecular complexity index is 732. The minimum Gasteiger partial charge on any atom is -0.497 e. The van der Waals surface area contributed by atoms with E-state index in [4.69, 9.17) is 21.1 Å². The fraction of sp³-hybridized carbons (Fsp3) is 0.167. The number of Topliss-reactive ketones (excluding diaryl/α,β-unsaturated/α-hetero) is 1. The summed E-state index contributed by atoms with van der Waals surface area (Å²) in [7, 11) is 1.63. The average Bonchev–Trinajstić information content (AvgIpc) is 2.68. The number of hydrogen-bond acceptors (Lipinski definition) is 3. The molecule has 1 heterocycles. The van der Waals surface area contributed by atoms with Crippen molar-refractivity contribution in [2.45, 2.75) is 6.42 Å². The van der Waals surface area contributed by atoms with E-state index in [2.05, 4.69) is 0 Å². The molecule has 1 aliphatic heterocycles. The SMILES string of the molecule is COc1ccc(/C=C2/CCOc3ccc(Cl)cc3C2=O)cc1. The third-order valence-electron chi connectivity index (χ3n) is 3.56. The predicted molar refractivity (Wildman–Crippen MR) is 86.9 cm³/mol. The molecule has 0 saturated carbocycles. The van der Waals surface area contributed by atoms with E-state index >= 15 is 0 Å². The van der Waals surface area contributed by atoms with Gasteiger partial charge in [0, 0.05) is 17.0 Å². The molecule has 4 heteroatoms. The highest BCUT2D eigenvalue weighted by Crippen LogP contribution is 2.30. The first-order chi connectivity index (χ1) is 10.7. The maximum Gasteiger partial charge on any atom is 0.192 e. The Morgan fingerprint density at radius 2 is 1.95 bits per heavy atom. The van der Waals surface area contributed by atoms with Gasteiger partial charge in [0.1, 0.15) is 11.5 Å². The van der Waals surface area contributed by atoms with Crippen LogP contribution in [-0.2, 0) is 0 Å². The zero-order chi connectivity index (χ0) is 15.5. The zero-order valence-corrected chi connectivity index (χ0v) is 12.9. The molecule has 0 N–H and O–H groups in total. The van der Waals surface area contributed by atoms with Crippen LogP contribution in [0, 0.1) is 0 Å². The highest BCUT2D eigenvalue weighted by Gasteiger charge is 2.21. The van der Waals surface area contributed by atoms with Crippen LogP contribution in [0.2, 0.25) is 5.02 Å². The number of fused-ring (bicyclic) bond motifs is 1. The third kappa shape index (κ3) is 3.00. The van der Waals surface area contributed by atoms with Crippen molar-refractivity contribution in [1.82, 2.24) is 0 Å². The number of carbonyl (C=O) groups is 1. The molecule has 112 valence electrons. The minimum absolute atomic E-state index is 0.0363. The summed E-state index contributed by atoms with van der Waals surface area (Å²) in [4.78, 5) is 12.7. The molecule has 0 atom stereocenters. The van der Waals surface area contributed by atoms with Gasteiger partial charge in [0.2, 0.25) is 0 Å². The number of halogens is 1. The van der Waals surface area contributed by atoms with Crippen LogP contribution in [0.5, 0.6) is 11.5 Å². The summed E-state index contributed by atoms with van der Waals surface area (Å²) in [6.45, 7) is 0.475. The molecule has 22 heavy (non-hydrogen) atoms. The van der Waals surface area contributed by atoms with Crippen LogP contribution in [0.15, 0.2) is 48.0 Å². The molecule has 0 aliphatic carbocycles. The molecule has 2 aromatic rings. The number of benzene rings is 2. The lowest BCUT2D eigenvalue weighted by molar-refractivity contribution is 0.103. The molecule has 0 aromatic heterocycles. The smallest absolute Gasteiger partial charge is 0.192 e. The van der Waals surface area contributed by atoms with Crippen molar-refractivity contribution in [2.24, 2.45) is 0 Å². The minimum atomic E-state index is -0.0363. The Kier molecular flexibility index (Phi) is 4.16. The Labute approximate surface area is 134 Å². The highest BCUT2D eigenvalue weighted by molar-refractivity contribution is 6.31. The number of carbonyl (C=O) groups excluding carboxylic acids is 1. The van der Waals surface area contributed by atoms with Gasteiger partial charge in [-0.15, -0.1) is 0 Å². The molecule has 3 nitrogen and oxygen atoms in total. The molecule has 0 unspecified atom stereocenters. The van der Waals surface area contributed by atoms with Crippen LogP contribution in [0.4, 0.5) is 0 Å². The van der Waals surface area contributed by atoms with Crippen molar-refractivity contribution in [3.8, 4) is 11.5 Å². The lowest BCUT2D eigenvalue weighted by atomic mass is 9.99. The van der Waals surface area contributed by atoms with Crippen molar-refractivity contribution in [1.29, 1.82) is 0 Å². The molecule has 2 aromatic carbocycles. The van der Waals surface area contributed by atoms with Gasteiger partial charge in [0.05, 0.1) is 19.3 Å².